The van der Waals surface area contributed by atoms with E-state index in [9.17, 15) is 4.79 Å². The SMILES string of the molecule is CCCCC(CN)NC(=O)c1cnc(-c2ccccc2)s1.Cl.Cl. The van der Waals surface area contributed by atoms with Crippen molar-refractivity contribution in [2.24, 2.45) is 5.73 Å². The van der Waals surface area contributed by atoms with E-state index in [1.165, 1.54) is 11.3 Å². The molecule has 4 nitrogen and oxygen atoms in total. The Hall–Kier alpha value is -1.14. The van der Waals surface area contributed by atoms with Gasteiger partial charge in [-0.1, -0.05) is 50.1 Å². The van der Waals surface area contributed by atoms with Gasteiger partial charge in [-0.15, -0.1) is 36.2 Å². The molecule has 0 aliphatic carbocycles. The lowest BCUT2D eigenvalue weighted by Gasteiger charge is -2.15. The van der Waals surface area contributed by atoms with Gasteiger partial charge < -0.3 is 11.1 Å². The molecule has 0 saturated carbocycles. The van der Waals surface area contributed by atoms with Gasteiger partial charge in [0.05, 0.1) is 6.20 Å². The molecular weight excluding hydrogens is 353 g/mol. The van der Waals surface area contributed by atoms with Crippen molar-refractivity contribution in [3.8, 4) is 10.6 Å². The Morgan fingerprint density at radius 1 is 1.30 bits per heavy atom. The molecular formula is C16H23Cl2N3OS. The van der Waals surface area contributed by atoms with Crippen LogP contribution in [0.1, 0.15) is 35.9 Å². The standard InChI is InChI=1S/C16H21N3OS.2ClH/c1-2-3-9-13(10-17)19-15(20)14-11-18-16(21-14)12-7-5-4-6-8-12;;/h4-8,11,13H,2-3,9-10,17H2,1H3,(H,19,20);2*1H. The molecule has 7 heteroatoms. The maximum Gasteiger partial charge on any atom is 0.263 e. The molecule has 0 saturated heterocycles. The largest absolute Gasteiger partial charge is 0.347 e. The van der Waals surface area contributed by atoms with Crippen LogP contribution < -0.4 is 11.1 Å². The third-order valence-corrected chi connectivity index (χ3v) is 4.32. The van der Waals surface area contributed by atoms with Gasteiger partial charge >= 0.3 is 0 Å². The zero-order valence-corrected chi connectivity index (χ0v) is 15.5. The molecule has 0 aliphatic rings. The van der Waals surface area contributed by atoms with Crippen molar-refractivity contribution in [1.29, 1.82) is 0 Å². The summed E-state index contributed by atoms with van der Waals surface area (Å²) in [4.78, 5) is 17.2. The molecule has 2 rings (SSSR count). The number of nitrogens with zero attached hydrogens (tertiary/aromatic N) is 1. The number of carbonyl (C=O) groups excluding carboxylic acids is 1. The Kier molecular flexibility index (Phi) is 10.8. The molecule has 0 fully saturated rings. The highest BCUT2D eigenvalue weighted by Crippen LogP contribution is 2.24. The molecule has 3 N–H and O–H groups in total. The fraction of sp³-hybridized carbons (Fsp3) is 0.375. The number of halogens is 2. The van der Waals surface area contributed by atoms with Crippen LogP contribution in [0.2, 0.25) is 0 Å². The van der Waals surface area contributed by atoms with Gasteiger partial charge in [0.15, 0.2) is 0 Å². The van der Waals surface area contributed by atoms with Crippen LogP contribution >= 0.6 is 36.2 Å². The van der Waals surface area contributed by atoms with Crippen molar-refractivity contribution < 1.29 is 4.79 Å². The molecule has 2 aromatic rings. The van der Waals surface area contributed by atoms with Crippen molar-refractivity contribution in [2.75, 3.05) is 6.54 Å². The number of hydrogen-bond acceptors (Lipinski definition) is 4. The summed E-state index contributed by atoms with van der Waals surface area (Å²) in [6.07, 6.45) is 4.73. The second-order valence-corrected chi connectivity index (χ2v) is 5.97. The first-order chi connectivity index (χ1) is 10.2. The van der Waals surface area contributed by atoms with Gasteiger partial charge in [0, 0.05) is 18.2 Å². The summed E-state index contributed by atoms with van der Waals surface area (Å²) >= 11 is 1.41. The second-order valence-electron chi connectivity index (χ2n) is 4.94. The lowest BCUT2D eigenvalue weighted by Crippen LogP contribution is -2.39. The highest BCUT2D eigenvalue weighted by Gasteiger charge is 2.15. The van der Waals surface area contributed by atoms with Gasteiger partial charge in [-0.2, -0.15) is 0 Å². The summed E-state index contributed by atoms with van der Waals surface area (Å²) in [5.41, 5.74) is 6.74. The van der Waals surface area contributed by atoms with Gasteiger partial charge in [-0.05, 0) is 6.42 Å². The van der Waals surface area contributed by atoms with Crippen LogP contribution in [0, 0.1) is 0 Å². The molecule has 1 heterocycles. The fourth-order valence-corrected chi connectivity index (χ4v) is 2.87. The third kappa shape index (κ3) is 6.47. The minimum Gasteiger partial charge on any atom is -0.347 e. The quantitative estimate of drug-likeness (QED) is 0.770. The van der Waals surface area contributed by atoms with E-state index in [2.05, 4.69) is 17.2 Å². The van der Waals surface area contributed by atoms with Gasteiger partial charge in [0.25, 0.3) is 5.91 Å². The van der Waals surface area contributed by atoms with E-state index in [0.29, 0.717) is 11.4 Å². The van der Waals surface area contributed by atoms with E-state index in [4.69, 9.17) is 5.73 Å². The minimum absolute atomic E-state index is 0. The lowest BCUT2D eigenvalue weighted by molar-refractivity contribution is 0.0939. The Balaban J connectivity index is 0.00000242. The molecule has 1 aromatic heterocycles. The first-order valence-corrected chi connectivity index (χ1v) is 8.08. The summed E-state index contributed by atoms with van der Waals surface area (Å²) in [7, 11) is 0. The first kappa shape index (κ1) is 21.9. The van der Waals surface area contributed by atoms with Gasteiger partial charge in [-0.25, -0.2) is 4.98 Å². The Labute approximate surface area is 153 Å². The van der Waals surface area contributed by atoms with Gasteiger partial charge in [0.1, 0.15) is 9.88 Å². The fourth-order valence-electron chi connectivity index (χ4n) is 2.05. The molecule has 1 atom stereocenters. The van der Waals surface area contributed by atoms with E-state index in [1.54, 1.807) is 6.20 Å². The predicted octanol–water partition coefficient (Wildman–Crippen LogP) is 3.90. The van der Waals surface area contributed by atoms with Crippen LogP contribution in [0.3, 0.4) is 0 Å². The lowest BCUT2D eigenvalue weighted by atomic mass is 10.1. The van der Waals surface area contributed by atoms with E-state index in [1.807, 2.05) is 30.3 Å². The highest BCUT2D eigenvalue weighted by atomic mass is 35.5. The number of nitrogens with two attached hydrogens (primary N) is 1. The second kappa shape index (κ2) is 11.4. The van der Waals surface area contributed by atoms with E-state index < -0.39 is 0 Å². The van der Waals surface area contributed by atoms with Crippen molar-refractivity contribution in [1.82, 2.24) is 10.3 Å². The average molecular weight is 376 g/mol. The van der Waals surface area contributed by atoms with Crippen LogP contribution in [-0.4, -0.2) is 23.5 Å². The smallest absolute Gasteiger partial charge is 0.263 e. The first-order valence-electron chi connectivity index (χ1n) is 7.26. The van der Waals surface area contributed by atoms with Crippen LogP contribution in [0.5, 0.6) is 0 Å². The zero-order chi connectivity index (χ0) is 15.1. The molecule has 1 aromatic carbocycles. The monoisotopic (exact) mass is 375 g/mol. The summed E-state index contributed by atoms with van der Waals surface area (Å²) in [6.45, 7) is 2.60. The molecule has 0 spiro atoms. The van der Waals surface area contributed by atoms with Crippen molar-refractivity contribution >= 4 is 42.1 Å². The van der Waals surface area contributed by atoms with Crippen LogP contribution in [0.15, 0.2) is 36.5 Å². The highest BCUT2D eigenvalue weighted by molar-refractivity contribution is 7.16. The van der Waals surface area contributed by atoms with E-state index in [0.717, 1.165) is 29.8 Å². The van der Waals surface area contributed by atoms with Crippen LogP contribution in [-0.2, 0) is 0 Å². The molecule has 0 radical (unpaired) electrons. The van der Waals surface area contributed by atoms with Crippen molar-refractivity contribution in [3.63, 3.8) is 0 Å². The number of benzene rings is 1. The zero-order valence-electron chi connectivity index (χ0n) is 13.0. The summed E-state index contributed by atoms with van der Waals surface area (Å²) in [6, 6.07) is 9.91. The number of unbranched alkanes of at least 4 members (excludes halogenated alkanes) is 1. The molecule has 1 amide bonds. The number of hydrogen-bond donors (Lipinski definition) is 2. The third-order valence-electron chi connectivity index (χ3n) is 3.28. The van der Waals surface area contributed by atoms with Crippen LogP contribution in [0.25, 0.3) is 10.6 Å². The molecule has 0 aliphatic heterocycles. The normalized spacial score (nSPS) is 11.0. The Morgan fingerprint density at radius 3 is 2.61 bits per heavy atom. The van der Waals surface area contributed by atoms with Crippen LogP contribution in [0.4, 0.5) is 0 Å². The topological polar surface area (TPSA) is 68.0 Å². The minimum atomic E-state index is -0.0822. The molecule has 1 unspecified atom stereocenters. The number of rotatable bonds is 7. The maximum absolute atomic E-state index is 12.2. The maximum atomic E-state index is 12.2. The number of thiazole rings is 1. The Morgan fingerprint density at radius 2 is 2.00 bits per heavy atom. The number of nitrogens with one attached hydrogen (secondary N) is 1. The molecule has 128 valence electrons. The number of amides is 1. The average Bonchev–Trinajstić information content (AvgIpc) is 3.02. The van der Waals surface area contributed by atoms with Gasteiger partial charge in [-0.3, -0.25) is 4.79 Å². The van der Waals surface area contributed by atoms with Crippen molar-refractivity contribution in [2.45, 2.75) is 32.2 Å². The predicted molar refractivity (Wildman–Crippen MR) is 102 cm³/mol. The van der Waals surface area contributed by atoms with Gasteiger partial charge in [0.2, 0.25) is 0 Å². The molecule has 0 bridgehead atoms. The van der Waals surface area contributed by atoms with E-state index in [-0.39, 0.29) is 36.8 Å². The van der Waals surface area contributed by atoms with Crippen molar-refractivity contribution in [3.05, 3.63) is 41.4 Å². The number of aromatic nitrogens is 1. The van der Waals surface area contributed by atoms with E-state index >= 15 is 0 Å². The Bertz CT molecular complexity index is 578. The summed E-state index contributed by atoms with van der Waals surface area (Å²) < 4.78 is 0. The summed E-state index contributed by atoms with van der Waals surface area (Å²) in [5, 5.41) is 3.85. The summed E-state index contributed by atoms with van der Waals surface area (Å²) in [5.74, 6) is -0.0822. The molecule has 23 heavy (non-hydrogen) atoms. The number of carbonyl (C=O) groups is 1.